The average Bonchev–Trinajstić information content (AvgIpc) is 1.84. The van der Waals surface area contributed by atoms with E-state index in [1.807, 2.05) is 0 Å². The van der Waals surface area contributed by atoms with Gasteiger partial charge in [0.15, 0.2) is 5.71 Å². The first-order valence-corrected chi connectivity index (χ1v) is 2.33. The molecule has 4 N–H and O–H groups in total. The van der Waals surface area contributed by atoms with Crippen molar-refractivity contribution in [3.05, 3.63) is 11.8 Å². The number of carboxylic acid groups (broad SMARTS) is 1. The van der Waals surface area contributed by atoms with Crippen molar-refractivity contribution in [3.63, 3.8) is 0 Å². The Bertz CT molecular complexity index is 172. The van der Waals surface area contributed by atoms with Crippen LogP contribution in [-0.2, 0) is 4.79 Å². The van der Waals surface area contributed by atoms with Crippen LogP contribution in [0.15, 0.2) is 11.8 Å². The summed E-state index contributed by atoms with van der Waals surface area (Å²) in [6, 6.07) is 0. The van der Waals surface area contributed by atoms with Gasteiger partial charge in [-0.05, 0) is 6.92 Å². The van der Waals surface area contributed by atoms with Gasteiger partial charge < -0.3 is 10.8 Å². The summed E-state index contributed by atoms with van der Waals surface area (Å²) >= 11 is 0. The van der Waals surface area contributed by atoms with E-state index >= 15 is 0 Å². The SMILES string of the molecule is C/C=C(/N)C(=N)C(=O)O. The number of allylic oxidation sites excluding steroid dienone is 1. The van der Waals surface area contributed by atoms with E-state index in [1.165, 1.54) is 6.08 Å². The maximum atomic E-state index is 9.95. The molecule has 0 atom stereocenters. The van der Waals surface area contributed by atoms with Crippen molar-refractivity contribution in [3.8, 4) is 0 Å². The zero-order chi connectivity index (χ0) is 7.44. The van der Waals surface area contributed by atoms with Crippen LogP contribution in [0.3, 0.4) is 0 Å². The van der Waals surface area contributed by atoms with Crippen LogP contribution in [0.25, 0.3) is 0 Å². The minimum atomic E-state index is -1.30. The largest absolute Gasteiger partial charge is 0.476 e. The number of carboxylic acids is 1. The second kappa shape index (κ2) is 2.86. The van der Waals surface area contributed by atoms with E-state index in [9.17, 15) is 4.79 Å². The minimum Gasteiger partial charge on any atom is -0.476 e. The second-order valence-corrected chi connectivity index (χ2v) is 1.42. The molecular formula is C5H8N2O2. The average molecular weight is 128 g/mol. The van der Waals surface area contributed by atoms with E-state index in [1.54, 1.807) is 6.92 Å². The number of hydrogen-bond donors (Lipinski definition) is 3. The molecule has 0 aromatic heterocycles. The van der Waals surface area contributed by atoms with Crippen LogP contribution in [0.1, 0.15) is 6.92 Å². The van der Waals surface area contributed by atoms with Crippen molar-refractivity contribution in [2.24, 2.45) is 5.73 Å². The number of nitrogens with one attached hydrogen (secondary N) is 1. The van der Waals surface area contributed by atoms with Crippen LogP contribution >= 0.6 is 0 Å². The topological polar surface area (TPSA) is 87.2 Å². The molecule has 4 heteroatoms. The lowest BCUT2D eigenvalue weighted by atomic mass is 10.3. The summed E-state index contributed by atoms with van der Waals surface area (Å²) in [4.78, 5) is 9.95. The zero-order valence-corrected chi connectivity index (χ0v) is 5.01. The van der Waals surface area contributed by atoms with Gasteiger partial charge in [-0.25, -0.2) is 4.79 Å². The number of aliphatic carboxylic acids is 1. The molecule has 0 amide bonds. The van der Waals surface area contributed by atoms with E-state index in [2.05, 4.69) is 0 Å². The molecule has 4 nitrogen and oxygen atoms in total. The van der Waals surface area contributed by atoms with Crippen LogP contribution in [0, 0.1) is 5.41 Å². The van der Waals surface area contributed by atoms with Gasteiger partial charge in [-0.15, -0.1) is 0 Å². The zero-order valence-electron chi connectivity index (χ0n) is 5.01. The fraction of sp³-hybridized carbons (Fsp3) is 0.200. The van der Waals surface area contributed by atoms with Gasteiger partial charge >= 0.3 is 5.97 Å². The van der Waals surface area contributed by atoms with Crippen molar-refractivity contribution in [2.45, 2.75) is 6.92 Å². The van der Waals surface area contributed by atoms with Gasteiger partial charge in [0, 0.05) is 0 Å². The highest BCUT2D eigenvalue weighted by Gasteiger charge is 2.07. The molecule has 0 unspecified atom stereocenters. The number of carbonyl (C=O) groups is 1. The molecule has 0 aliphatic carbocycles. The normalized spacial score (nSPS) is 11.0. The highest BCUT2D eigenvalue weighted by Crippen LogP contribution is 1.85. The minimum absolute atomic E-state index is 0.0116. The van der Waals surface area contributed by atoms with E-state index in [0.717, 1.165) is 0 Å². The quantitative estimate of drug-likeness (QED) is 0.456. The lowest BCUT2D eigenvalue weighted by molar-refractivity contribution is -0.129. The monoisotopic (exact) mass is 128 g/mol. The summed E-state index contributed by atoms with van der Waals surface area (Å²) in [5, 5.41) is 14.9. The third-order valence-corrected chi connectivity index (χ3v) is 0.814. The molecular weight excluding hydrogens is 120 g/mol. The molecule has 0 radical (unpaired) electrons. The van der Waals surface area contributed by atoms with Crippen LogP contribution in [0.4, 0.5) is 0 Å². The predicted molar refractivity (Wildman–Crippen MR) is 33.3 cm³/mol. The van der Waals surface area contributed by atoms with E-state index in [4.69, 9.17) is 16.2 Å². The van der Waals surface area contributed by atoms with Crippen molar-refractivity contribution in [1.82, 2.24) is 0 Å². The van der Waals surface area contributed by atoms with Crippen molar-refractivity contribution in [1.29, 1.82) is 5.41 Å². The van der Waals surface area contributed by atoms with Gasteiger partial charge in [0.2, 0.25) is 0 Å². The molecule has 0 bridgehead atoms. The van der Waals surface area contributed by atoms with Crippen molar-refractivity contribution in [2.75, 3.05) is 0 Å². The highest BCUT2D eigenvalue weighted by molar-refractivity contribution is 6.40. The van der Waals surface area contributed by atoms with Crippen LogP contribution in [0.5, 0.6) is 0 Å². The second-order valence-electron chi connectivity index (χ2n) is 1.42. The molecule has 9 heavy (non-hydrogen) atoms. The number of nitrogens with two attached hydrogens (primary N) is 1. The third kappa shape index (κ3) is 1.94. The summed E-state index contributed by atoms with van der Waals surface area (Å²) in [5.41, 5.74) is 4.50. The lowest BCUT2D eigenvalue weighted by Crippen LogP contribution is -2.19. The number of rotatable bonds is 2. The van der Waals surface area contributed by atoms with E-state index in [-0.39, 0.29) is 5.70 Å². The Labute approximate surface area is 52.5 Å². The molecule has 50 valence electrons. The Morgan fingerprint density at radius 3 is 2.33 bits per heavy atom. The molecule has 0 aromatic rings. The molecule has 0 heterocycles. The number of hydrogen-bond acceptors (Lipinski definition) is 3. The Balaban J connectivity index is 4.23. The van der Waals surface area contributed by atoms with Crippen LogP contribution in [0.2, 0.25) is 0 Å². The Morgan fingerprint density at radius 1 is 1.78 bits per heavy atom. The lowest BCUT2D eigenvalue weighted by Gasteiger charge is -1.93. The molecule has 0 saturated heterocycles. The smallest absolute Gasteiger partial charge is 0.355 e. The molecule has 0 aromatic carbocycles. The summed E-state index contributed by atoms with van der Waals surface area (Å²) in [5.74, 6) is -1.30. The van der Waals surface area contributed by atoms with Gasteiger partial charge in [-0.1, -0.05) is 6.08 Å². The first kappa shape index (κ1) is 7.68. The Hall–Kier alpha value is -1.32. The molecule has 0 rings (SSSR count). The Kier molecular flexibility index (Phi) is 2.44. The van der Waals surface area contributed by atoms with E-state index < -0.39 is 11.7 Å². The van der Waals surface area contributed by atoms with E-state index in [0.29, 0.717) is 0 Å². The van der Waals surface area contributed by atoms with Crippen molar-refractivity contribution >= 4 is 11.7 Å². The van der Waals surface area contributed by atoms with Gasteiger partial charge in [0.25, 0.3) is 0 Å². The third-order valence-electron chi connectivity index (χ3n) is 0.814. The summed E-state index contributed by atoms with van der Waals surface area (Å²) in [6.45, 7) is 1.58. The first-order valence-electron chi connectivity index (χ1n) is 2.33. The van der Waals surface area contributed by atoms with Crippen molar-refractivity contribution < 1.29 is 9.90 Å². The van der Waals surface area contributed by atoms with Crippen LogP contribution < -0.4 is 5.73 Å². The van der Waals surface area contributed by atoms with Gasteiger partial charge in [0.1, 0.15) is 0 Å². The highest BCUT2D eigenvalue weighted by atomic mass is 16.4. The fourth-order valence-electron chi connectivity index (χ4n) is 0.268. The first-order chi connectivity index (χ1) is 4.09. The maximum absolute atomic E-state index is 9.95. The van der Waals surface area contributed by atoms with Crippen LogP contribution in [-0.4, -0.2) is 16.8 Å². The standard InChI is InChI=1S/C5H8N2O2/c1-2-3(6)4(7)5(8)9/h2,7H,6H2,1H3,(H,8,9)/b3-2+,7-4?. The molecule has 0 saturated carbocycles. The summed E-state index contributed by atoms with van der Waals surface area (Å²) in [7, 11) is 0. The summed E-state index contributed by atoms with van der Waals surface area (Å²) in [6.07, 6.45) is 1.37. The predicted octanol–water partition coefficient (Wildman–Crippen LogP) is -0.0467. The molecule has 0 aliphatic heterocycles. The van der Waals surface area contributed by atoms with Gasteiger partial charge in [0.05, 0.1) is 5.70 Å². The molecule has 0 fully saturated rings. The fourth-order valence-corrected chi connectivity index (χ4v) is 0.268. The molecule has 0 aliphatic rings. The maximum Gasteiger partial charge on any atom is 0.355 e. The molecule has 0 spiro atoms. The van der Waals surface area contributed by atoms with Gasteiger partial charge in [-0.2, -0.15) is 0 Å². The summed E-state index contributed by atoms with van der Waals surface area (Å²) < 4.78 is 0. The van der Waals surface area contributed by atoms with Gasteiger partial charge in [-0.3, -0.25) is 5.41 Å². The Morgan fingerprint density at radius 2 is 2.22 bits per heavy atom.